The lowest BCUT2D eigenvalue weighted by Gasteiger charge is -2.03. The standard InChI is InChI=1S/C12H12N4S2/c1-8(15-16-12(17)18-2)11-7-13-9-5-3-4-6-10(9)14-11/h3-7H,1-2H3,(H,16,17)/b15-8+. The van der Waals surface area contributed by atoms with E-state index in [1.54, 1.807) is 6.20 Å². The lowest BCUT2D eigenvalue weighted by atomic mass is 10.2. The van der Waals surface area contributed by atoms with Gasteiger partial charge in [0.05, 0.1) is 22.9 Å². The Bertz CT molecular complexity index is 610. The molecule has 0 saturated heterocycles. The molecule has 0 radical (unpaired) electrons. The molecule has 18 heavy (non-hydrogen) atoms. The van der Waals surface area contributed by atoms with Crippen LogP contribution in [-0.2, 0) is 0 Å². The summed E-state index contributed by atoms with van der Waals surface area (Å²) in [7, 11) is 0. The average Bonchev–Trinajstić information content (AvgIpc) is 2.43. The quantitative estimate of drug-likeness (QED) is 0.519. The van der Waals surface area contributed by atoms with Crippen molar-refractivity contribution in [1.29, 1.82) is 0 Å². The summed E-state index contributed by atoms with van der Waals surface area (Å²) < 4.78 is 0.628. The van der Waals surface area contributed by atoms with Crippen LogP contribution in [0.2, 0.25) is 0 Å². The molecule has 1 heterocycles. The molecule has 0 aliphatic rings. The Balaban J connectivity index is 2.27. The molecule has 0 bridgehead atoms. The molecule has 1 aromatic carbocycles. The lowest BCUT2D eigenvalue weighted by Crippen LogP contribution is -2.14. The summed E-state index contributed by atoms with van der Waals surface area (Å²) in [6.07, 6.45) is 3.61. The molecule has 6 heteroatoms. The Morgan fingerprint density at radius 1 is 1.33 bits per heavy atom. The van der Waals surface area contributed by atoms with Crippen LogP contribution in [0, 0.1) is 0 Å². The first kappa shape index (κ1) is 12.9. The second kappa shape index (κ2) is 5.88. The molecule has 0 amide bonds. The number of thioether (sulfide) groups is 1. The van der Waals surface area contributed by atoms with E-state index in [1.807, 2.05) is 37.4 Å². The summed E-state index contributed by atoms with van der Waals surface area (Å²) in [4.78, 5) is 8.84. The zero-order valence-corrected chi connectivity index (χ0v) is 11.7. The predicted molar refractivity (Wildman–Crippen MR) is 81.0 cm³/mol. The maximum Gasteiger partial charge on any atom is 0.153 e. The summed E-state index contributed by atoms with van der Waals surface area (Å²) in [6, 6.07) is 7.74. The van der Waals surface area contributed by atoms with Gasteiger partial charge in [0.15, 0.2) is 4.32 Å². The third-order valence-electron chi connectivity index (χ3n) is 2.32. The van der Waals surface area contributed by atoms with Crippen molar-refractivity contribution in [2.24, 2.45) is 5.10 Å². The molecule has 1 aromatic heterocycles. The van der Waals surface area contributed by atoms with E-state index < -0.39 is 0 Å². The molecule has 2 rings (SSSR count). The zero-order chi connectivity index (χ0) is 13.0. The predicted octanol–water partition coefficient (Wildman–Crippen LogP) is 2.59. The van der Waals surface area contributed by atoms with Crippen LogP contribution in [0.15, 0.2) is 35.6 Å². The molecule has 0 unspecified atom stereocenters. The Morgan fingerprint density at radius 3 is 2.78 bits per heavy atom. The fourth-order valence-corrected chi connectivity index (χ4v) is 1.55. The average molecular weight is 276 g/mol. The highest BCUT2D eigenvalue weighted by Crippen LogP contribution is 2.08. The van der Waals surface area contributed by atoms with Crippen molar-refractivity contribution in [3.8, 4) is 0 Å². The highest BCUT2D eigenvalue weighted by molar-refractivity contribution is 8.22. The number of thiocarbonyl (C=S) groups is 1. The lowest BCUT2D eigenvalue weighted by molar-refractivity contribution is 1.05. The van der Waals surface area contributed by atoms with Crippen molar-refractivity contribution in [2.75, 3.05) is 6.26 Å². The van der Waals surface area contributed by atoms with E-state index in [4.69, 9.17) is 12.2 Å². The fraction of sp³-hybridized carbons (Fsp3) is 0.167. The number of nitrogens with one attached hydrogen (secondary N) is 1. The molecule has 0 aliphatic carbocycles. The molecule has 4 nitrogen and oxygen atoms in total. The second-order valence-electron chi connectivity index (χ2n) is 3.54. The minimum atomic E-state index is 0.628. The Morgan fingerprint density at radius 2 is 2.06 bits per heavy atom. The van der Waals surface area contributed by atoms with Gasteiger partial charge in [0.1, 0.15) is 5.69 Å². The number of aromatic nitrogens is 2. The van der Waals surface area contributed by atoms with E-state index in [0.717, 1.165) is 22.4 Å². The van der Waals surface area contributed by atoms with Crippen molar-refractivity contribution in [2.45, 2.75) is 6.92 Å². The summed E-state index contributed by atoms with van der Waals surface area (Å²) in [5, 5.41) is 4.17. The van der Waals surface area contributed by atoms with Gasteiger partial charge in [-0.05, 0) is 25.3 Å². The third-order valence-corrected chi connectivity index (χ3v) is 3.37. The highest BCUT2D eigenvalue weighted by Gasteiger charge is 2.02. The van der Waals surface area contributed by atoms with Gasteiger partial charge in [0, 0.05) is 0 Å². The molecular weight excluding hydrogens is 264 g/mol. The number of para-hydroxylation sites is 2. The monoisotopic (exact) mass is 276 g/mol. The molecule has 0 spiro atoms. The summed E-state index contributed by atoms with van der Waals surface area (Å²) in [5.41, 5.74) is 6.02. The van der Waals surface area contributed by atoms with Crippen molar-refractivity contribution in [3.63, 3.8) is 0 Å². The summed E-state index contributed by atoms with van der Waals surface area (Å²) >= 11 is 6.45. The van der Waals surface area contributed by atoms with Crippen LogP contribution in [0.5, 0.6) is 0 Å². The largest absolute Gasteiger partial charge is 0.262 e. The maximum atomic E-state index is 5.01. The van der Waals surface area contributed by atoms with Crippen LogP contribution in [-0.4, -0.2) is 26.3 Å². The van der Waals surface area contributed by atoms with Gasteiger partial charge in [-0.3, -0.25) is 10.4 Å². The molecule has 92 valence electrons. The van der Waals surface area contributed by atoms with Crippen LogP contribution in [0.1, 0.15) is 12.6 Å². The number of hydrogen-bond donors (Lipinski definition) is 1. The van der Waals surface area contributed by atoms with Gasteiger partial charge in [-0.1, -0.05) is 36.1 Å². The molecular formula is C12H12N4S2. The van der Waals surface area contributed by atoms with Gasteiger partial charge in [-0.15, -0.1) is 0 Å². The second-order valence-corrected chi connectivity index (χ2v) is 5.03. The van der Waals surface area contributed by atoms with Gasteiger partial charge in [0.2, 0.25) is 0 Å². The first-order chi connectivity index (χ1) is 8.70. The molecule has 2 aromatic rings. The minimum Gasteiger partial charge on any atom is -0.262 e. The van der Waals surface area contributed by atoms with Gasteiger partial charge in [0.25, 0.3) is 0 Å². The van der Waals surface area contributed by atoms with E-state index in [2.05, 4.69) is 20.5 Å². The van der Waals surface area contributed by atoms with E-state index in [1.165, 1.54) is 11.8 Å². The van der Waals surface area contributed by atoms with Gasteiger partial charge < -0.3 is 0 Å². The number of benzene rings is 1. The van der Waals surface area contributed by atoms with E-state index in [-0.39, 0.29) is 0 Å². The Kier molecular flexibility index (Phi) is 4.22. The normalized spacial score (nSPS) is 11.6. The molecule has 0 fully saturated rings. The van der Waals surface area contributed by atoms with E-state index >= 15 is 0 Å². The van der Waals surface area contributed by atoms with Crippen LogP contribution in [0.3, 0.4) is 0 Å². The molecule has 0 saturated carbocycles. The smallest absolute Gasteiger partial charge is 0.153 e. The fourth-order valence-electron chi connectivity index (χ4n) is 1.36. The van der Waals surface area contributed by atoms with Gasteiger partial charge in [-0.2, -0.15) is 5.10 Å². The van der Waals surface area contributed by atoms with Crippen LogP contribution in [0.25, 0.3) is 11.0 Å². The van der Waals surface area contributed by atoms with Crippen LogP contribution >= 0.6 is 24.0 Å². The first-order valence-electron chi connectivity index (χ1n) is 5.31. The number of hydrazone groups is 1. The Labute approximate surface area is 115 Å². The van der Waals surface area contributed by atoms with Crippen molar-refractivity contribution in [3.05, 3.63) is 36.2 Å². The van der Waals surface area contributed by atoms with E-state index in [0.29, 0.717) is 4.32 Å². The summed E-state index contributed by atoms with van der Waals surface area (Å²) in [6.45, 7) is 1.87. The van der Waals surface area contributed by atoms with Crippen molar-refractivity contribution < 1.29 is 0 Å². The maximum absolute atomic E-state index is 5.01. The number of nitrogens with zero attached hydrogens (tertiary/aromatic N) is 3. The van der Waals surface area contributed by atoms with Crippen LogP contribution < -0.4 is 5.43 Å². The van der Waals surface area contributed by atoms with Gasteiger partial charge >= 0.3 is 0 Å². The van der Waals surface area contributed by atoms with Crippen LogP contribution in [0.4, 0.5) is 0 Å². The SMILES string of the molecule is CSC(=S)N/N=C(\C)c1cnc2ccccc2n1. The highest BCUT2D eigenvalue weighted by atomic mass is 32.2. The third kappa shape index (κ3) is 3.02. The molecule has 0 aliphatic heterocycles. The summed E-state index contributed by atoms with van der Waals surface area (Å²) in [5.74, 6) is 0. The van der Waals surface area contributed by atoms with Crippen molar-refractivity contribution in [1.82, 2.24) is 15.4 Å². The van der Waals surface area contributed by atoms with E-state index in [9.17, 15) is 0 Å². The molecule has 1 N–H and O–H groups in total. The first-order valence-corrected chi connectivity index (χ1v) is 6.94. The Hall–Kier alpha value is -1.53. The number of fused-ring (bicyclic) bond motifs is 1. The van der Waals surface area contributed by atoms with Gasteiger partial charge in [-0.25, -0.2) is 4.98 Å². The number of hydrogen-bond acceptors (Lipinski definition) is 5. The topological polar surface area (TPSA) is 50.2 Å². The zero-order valence-electron chi connectivity index (χ0n) is 10.0. The molecule has 0 atom stereocenters. The van der Waals surface area contributed by atoms with Crippen molar-refractivity contribution >= 4 is 45.0 Å². The minimum absolute atomic E-state index is 0.628. The number of rotatable bonds is 2.